The van der Waals surface area contributed by atoms with E-state index in [2.05, 4.69) is 245 Å². The first-order valence-electron chi connectivity index (χ1n) is 23.6. The third-order valence-electron chi connectivity index (χ3n) is 14.5. The zero-order valence-electron chi connectivity index (χ0n) is 37.3. The summed E-state index contributed by atoms with van der Waals surface area (Å²) in [5.41, 5.74) is 12.3. The van der Waals surface area contributed by atoms with Crippen LogP contribution in [0.2, 0.25) is 0 Å². The lowest BCUT2D eigenvalue weighted by Crippen LogP contribution is -2.25. The zero-order valence-corrected chi connectivity index (χ0v) is 38.1. The number of fused-ring (bicyclic) bond motifs is 12. The van der Waals surface area contributed by atoms with Crippen LogP contribution in [0.4, 0.5) is 0 Å². The minimum absolute atomic E-state index is 0.438. The average molecular weight is 897 g/mol. The molecule has 1 N–H and O–H groups in total. The lowest BCUT2D eigenvalue weighted by molar-refractivity contribution is 0.670. The summed E-state index contributed by atoms with van der Waals surface area (Å²) in [6.45, 7) is 0. The fourth-order valence-corrected chi connectivity index (χ4v) is 12.6. The van der Waals surface area contributed by atoms with Gasteiger partial charge in [-0.3, -0.25) is 4.99 Å². The maximum absolute atomic E-state index is 5.90. The Morgan fingerprint density at radius 1 is 0.377 bits per heavy atom. The molecule has 0 spiro atoms. The minimum atomic E-state index is -0.438. The van der Waals surface area contributed by atoms with E-state index in [0.717, 1.165) is 45.0 Å². The summed E-state index contributed by atoms with van der Waals surface area (Å²) in [4.78, 5) is 5.90. The van der Waals surface area contributed by atoms with E-state index in [4.69, 9.17) is 4.99 Å². The molecule has 1 unspecified atom stereocenters. The monoisotopic (exact) mass is 896 g/mol. The Hall–Kier alpha value is -8.77. The van der Waals surface area contributed by atoms with Gasteiger partial charge in [-0.25, -0.2) is 0 Å². The van der Waals surface area contributed by atoms with Gasteiger partial charge in [0.05, 0.1) is 27.8 Å². The van der Waals surface area contributed by atoms with E-state index in [-0.39, 0.29) is 0 Å². The van der Waals surface area contributed by atoms with Crippen molar-refractivity contribution in [2.24, 2.45) is 4.99 Å². The second-order valence-corrected chi connectivity index (χ2v) is 19.4. The molecule has 3 aromatic heterocycles. The predicted molar refractivity (Wildman–Crippen MR) is 294 cm³/mol. The van der Waals surface area contributed by atoms with E-state index in [0.29, 0.717) is 0 Å². The van der Waals surface area contributed by atoms with Crippen LogP contribution in [0.25, 0.3) is 113 Å². The van der Waals surface area contributed by atoms with Crippen molar-refractivity contribution in [3.05, 3.63) is 247 Å². The van der Waals surface area contributed by atoms with E-state index in [9.17, 15) is 0 Å². The molecule has 0 fully saturated rings. The number of nitrogens with one attached hydrogen (secondary N) is 1. The highest BCUT2D eigenvalue weighted by molar-refractivity contribution is 7.25. The third kappa shape index (κ3) is 5.84. The molecule has 1 aliphatic rings. The topological polar surface area (TPSA) is 34.2 Å². The Morgan fingerprint density at radius 3 is 1.70 bits per heavy atom. The molecule has 0 saturated heterocycles. The fraction of sp³-hybridized carbons (Fsp3) is 0.0156. The quantitative estimate of drug-likeness (QED) is 0.183. The molecule has 14 aromatic rings. The number of thiophene rings is 1. The number of benzene rings is 11. The van der Waals surface area contributed by atoms with E-state index in [1.807, 2.05) is 11.3 Å². The number of para-hydroxylation sites is 2. The number of hydrogen-bond donors (Lipinski definition) is 1. The molecule has 0 bridgehead atoms. The van der Waals surface area contributed by atoms with Gasteiger partial charge in [-0.1, -0.05) is 158 Å². The normalized spacial score (nSPS) is 14.2. The summed E-state index contributed by atoms with van der Waals surface area (Å²) in [5.74, 6) is 0. The van der Waals surface area contributed by atoms with Crippen molar-refractivity contribution in [3.8, 4) is 11.4 Å². The van der Waals surface area contributed by atoms with Crippen LogP contribution in [0.15, 0.2) is 236 Å². The molecule has 0 amide bonds. The second-order valence-electron chi connectivity index (χ2n) is 18.3. The van der Waals surface area contributed by atoms with Crippen LogP contribution in [0.1, 0.15) is 22.9 Å². The largest absolute Gasteiger partial charge is 0.359 e. The molecule has 0 saturated carbocycles. The van der Waals surface area contributed by atoms with Crippen molar-refractivity contribution in [3.63, 3.8) is 0 Å². The Bertz CT molecular complexity index is 4430. The van der Waals surface area contributed by atoms with E-state index in [1.165, 1.54) is 90.6 Å². The van der Waals surface area contributed by atoms with Crippen LogP contribution >= 0.6 is 11.3 Å². The molecule has 4 nitrogen and oxygen atoms in total. The maximum Gasteiger partial charge on any atom is 0.146 e. The standard InChI is InChI=1S/C64H40N4S/c1-2-22-44(23-3-1)67-56-29-12-10-25-49(56)62-48(28-15-30-57(62)67)55-38-54(47-27-14-21-39-16-8-9-24-46(39)47)65-64(66-55)53-36-45(37-61-63(53)50-26-11-13-31-60(50)69-61)68-58-34-42-19-6-4-17-40(42)32-51(58)52-33-41-18-5-7-20-43(41)35-59(52)68/h1-38,64-65H. The van der Waals surface area contributed by atoms with Gasteiger partial charge in [0.15, 0.2) is 0 Å². The number of aliphatic imine (C=N–C) groups is 1. The summed E-state index contributed by atoms with van der Waals surface area (Å²) in [6, 6.07) is 82.3. The Kier molecular flexibility index (Phi) is 8.26. The van der Waals surface area contributed by atoms with Crippen molar-refractivity contribution >= 4 is 119 Å². The molecule has 5 heteroatoms. The van der Waals surface area contributed by atoms with Crippen molar-refractivity contribution in [2.75, 3.05) is 0 Å². The fourth-order valence-electron chi connectivity index (χ4n) is 11.4. The number of allylic oxidation sites excluding steroid dienone is 1. The van der Waals surface area contributed by atoms with Crippen LogP contribution in [0.3, 0.4) is 0 Å². The molecular weight excluding hydrogens is 857 g/mol. The van der Waals surface area contributed by atoms with Crippen LogP contribution in [-0.4, -0.2) is 14.8 Å². The number of aromatic nitrogens is 2. The summed E-state index contributed by atoms with van der Waals surface area (Å²) in [6.07, 6.45) is 1.85. The Labute approximate surface area is 400 Å². The molecule has 0 radical (unpaired) electrons. The zero-order chi connectivity index (χ0) is 45.2. The van der Waals surface area contributed by atoms with Gasteiger partial charge in [-0.2, -0.15) is 0 Å². The lowest BCUT2D eigenvalue weighted by Gasteiger charge is -2.27. The highest BCUT2D eigenvalue weighted by atomic mass is 32.1. The molecule has 0 aliphatic carbocycles. The summed E-state index contributed by atoms with van der Waals surface area (Å²) < 4.78 is 7.39. The average Bonchev–Trinajstić information content (AvgIpc) is 4.06. The smallest absolute Gasteiger partial charge is 0.146 e. The van der Waals surface area contributed by atoms with Gasteiger partial charge < -0.3 is 14.5 Å². The van der Waals surface area contributed by atoms with Gasteiger partial charge in [0.2, 0.25) is 0 Å². The first kappa shape index (κ1) is 38.3. The van der Waals surface area contributed by atoms with Gasteiger partial charge in [0.1, 0.15) is 6.17 Å². The first-order valence-corrected chi connectivity index (χ1v) is 24.5. The van der Waals surface area contributed by atoms with Crippen LogP contribution in [-0.2, 0) is 0 Å². The van der Waals surface area contributed by atoms with E-state index < -0.39 is 6.17 Å². The molecule has 1 atom stereocenters. The molecule has 1 aliphatic heterocycles. The van der Waals surface area contributed by atoms with E-state index in [1.54, 1.807) is 0 Å². The third-order valence-corrected chi connectivity index (χ3v) is 15.6. The van der Waals surface area contributed by atoms with Crippen molar-refractivity contribution in [1.82, 2.24) is 14.5 Å². The van der Waals surface area contributed by atoms with Gasteiger partial charge >= 0.3 is 0 Å². The van der Waals surface area contributed by atoms with E-state index >= 15 is 0 Å². The Morgan fingerprint density at radius 2 is 0.942 bits per heavy atom. The van der Waals surface area contributed by atoms with Crippen molar-refractivity contribution in [2.45, 2.75) is 6.17 Å². The van der Waals surface area contributed by atoms with Crippen LogP contribution < -0.4 is 5.32 Å². The minimum Gasteiger partial charge on any atom is -0.359 e. The van der Waals surface area contributed by atoms with Crippen molar-refractivity contribution < 1.29 is 0 Å². The van der Waals surface area contributed by atoms with Gasteiger partial charge in [0, 0.05) is 75.5 Å². The number of hydrogen-bond acceptors (Lipinski definition) is 3. The van der Waals surface area contributed by atoms with Crippen molar-refractivity contribution in [1.29, 1.82) is 0 Å². The first-order chi connectivity index (χ1) is 34.2. The molecule has 11 aromatic carbocycles. The highest BCUT2D eigenvalue weighted by Gasteiger charge is 2.27. The molecule has 15 rings (SSSR count). The summed E-state index contributed by atoms with van der Waals surface area (Å²) in [7, 11) is 0. The summed E-state index contributed by atoms with van der Waals surface area (Å²) in [5, 5.41) is 18.8. The van der Waals surface area contributed by atoms with Gasteiger partial charge in [-0.05, 0) is 105 Å². The lowest BCUT2D eigenvalue weighted by atomic mass is 9.95. The Balaban J connectivity index is 1.03. The maximum atomic E-state index is 5.90. The van der Waals surface area contributed by atoms with Gasteiger partial charge in [0.25, 0.3) is 0 Å². The number of rotatable bonds is 5. The second kappa shape index (κ2) is 14.9. The molecular formula is C64H40N4S. The molecule has 322 valence electrons. The van der Waals surface area contributed by atoms with Crippen LogP contribution in [0, 0.1) is 0 Å². The van der Waals surface area contributed by atoms with Gasteiger partial charge in [-0.15, -0.1) is 11.3 Å². The highest BCUT2D eigenvalue weighted by Crippen LogP contribution is 2.45. The molecule has 4 heterocycles. The predicted octanol–water partition coefficient (Wildman–Crippen LogP) is 16.8. The SMILES string of the molecule is C1=C(c2cccc3ccccc23)NC(c2cc(-n3c4cc5ccccc5cc4c4cc5ccccc5cc43)cc3sc4ccccc4c23)N=C1c1cccc2c1c1ccccc1n2-c1ccccc1. The number of nitrogens with zero attached hydrogens (tertiary/aromatic N) is 3. The van der Waals surface area contributed by atoms with Crippen LogP contribution in [0.5, 0.6) is 0 Å². The summed E-state index contributed by atoms with van der Waals surface area (Å²) >= 11 is 1.86. The molecule has 69 heavy (non-hydrogen) atoms.